The Morgan fingerprint density at radius 2 is 1.00 bits per heavy atom. The van der Waals surface area contributed by atoms with Gasteiger partial charge in [0.05, 0.1) is 0 Å². The predicted molar refractivity (Wildman–Crippen MR) is 132 cm³/mol. The molecule has 0 aliphatic rings. The molecule has 0 fully saturated rings. The highest BCUT2D eigenvalue weighted by Crippen LogP contribution is 2.55. The van der Waals surface area contributed by atoms with Crippen LogP contribution < -0.4 is 21.3 Å². The number of aromatic amines is 1. The van der Waals surface area contributed by atoms with Gasteiger partial charge in [-0.1, -0.05) is 78.3 Å². The molecule has 0 radical (unpaired) electrons. The average molecular weight is 441 g/mol. The van der Waals surface area contributed by atoms with Crippen LogP contribution in [0.4, 0.5) is 0 Å². The minimum atomic E-state index is -2.31. The minimum Gasteiger partial charge on any atom is -0.193 e. The Bertz CT molecular complexity index is 1170. The smallest absolute Gasteiger partial charge is 0.193 e. The number of hydrogen-bond acceptors (Lipinski definition) is 2. The second kappa shape index (κ2) is 8.47. The van der Waals surface area contributed by atoms with Crippen molar-refractivity contribution in [1.82, 2.24) is 15.4 Å². The van der Waals surface area contributed by atoms with Crippen LogP contribution in [0, 0.1) is 0 Å². The zero-order valence-electron chi connectivity index (χ0n) is 16.7. The van der Waals surface area contributed by atoms with Crippen LogP contribution in [-0.2, 0) is 0 Å². The van der Waals surface area contributed by atoms with Crippen molar-refractivity contribution >= 4 is 40.2 Å². The van der Waals surface area contributed by atoms with E-state index in [2.05, 4.69) is 101 Å². The van der Waals surface area contributed by atoms with E-state index in [4.69, 9.17) is 16.7 Å². The van der Waals surface area contributed by atoms with Gasteiger partial charge in [-0.2, -0.15) is 10.3 Å². The Morgan fingerprint density at radius 1 is 0.548 bits per heavy atom. The van der Waals surface area contributed by atoms with Gasteiger partial charge >= 0.3 is 0 Å². The highest BCUT2D eigenvalue weighted by atomic mass is 35.5. The van der Waals surface area contributed by atoms with Gasteiger partial charge < -0.3 is 0 Å². The summed E-state index contributed by atoms with van der Waals surface area (Å²) in [4.78, 5) is 0. The normalized spacial score (nSPS) is 11.4. The number of nitrogens with one attached hydrogen (secondary N) is 1. The summed E-state index contributed by atoms with van der Waals surface area (Å²) in [5.74, 6) is 0. The molecule has 0 amide bonds. The number of halogens is 1. The van der Waals surface area contributed by atoms with Gasteiger partial charge in [0.2, 0.25) is 5.44 Å². The van der Waals surface area contributed by atoms with Gasteiger partial charge in [-0.3, -0.25) is 0 Å². The molecule has 3 nitrogen and oxygen atoms in total. The average Bonchev–Trinajstić information content (AvgIpc) is 3.32. The number of benzene rings is 4. The van der Waals surface area contributed by atoms with E-state index in [0.29, 0.717) is 5.02 Å². The summed E-state index contributed by atoms with van der Waals surface area (Å²) >= 11 is 6.15. The molecule has 1 aromatic heterocycles. The molecule has 4 aromatic carbocycles. The predicted octanol–water partition coefficient (Wildman–Crippen LogP) is 4.74. The Balaban J connectivity index is 1.89. The molecule has 0 aliphatic carbocycles. The molecule has 31 heavy (non-hydrogen) atoms. The lowest BCUT2D eigenvalue weighted by atomic mass is 10.2. The second-order valence-electron chi connectivity index (χ2n) is 7.18. The van der Waals surface area contributed by atoms with Crippen molar-refractivity contribution in [3.8, 4) is 11.3 Å². The van der Waals surface area contributed by atoms with Gasteiger partial charge in [0.25, 0.3) is 0 Å². The Morgan fingerprint density at radius 3 is 1.45 bits per heavy atom. The van der Waals surface area contributed by atoms with Gasteiger partial charge in [-0.25, -0.2) is 0 Å². The summed E-state index contributed by atoms with van der Waals surface area (Å²) in [7, 11) is -2.31. The van der Waals surface area contributed by atoms with Crippen LogP contribution in [0.25, 0.3) is 11.3 Å². The summed E-state index contributed by atoms with van der Waals surface area (Å²) < 4.78 is 0. The molecule has 0 bridgehead atoms. The lowest BCUT2D eigenvalue weighted by Crippen LogP contribution is -2.40. The maximum Gasteiger partial charge on any atom is 0.245 e. The lowest BCUT2D eigenvalue weighted by molar-refractivity contribution is 0.949. The number of hydrogen-bond donors (Lipinski definition) is 1. The highest BCUT2D eigenvalue weighted by Gasteiger charge is 2.52. The molecular formula is C26H20ClN3P+. The van der Waals surface area contributed by atoms with Crippen LogP contribution in [0.1, 0.15) is 0 Å². The van der Waals surface area contributed by atoms with E-state index in [1.54, 1.807) is 0 Å². The number of H-pyrrole nitrogens is 1. The van der Waals surface area contributed by atoms with Crippen LogP contribution in [0.3, 0.4) is 0 Å². The summed E-state index contributed by atoms with van der Waals surface area (Å²) in [6.45, 7) is 0. The first-order valence-electron chi connectivity index (χ1n) is 10.0. The Labute approximate surface area is 187 Å². The van der Waals surface area contributed by atoms with Crippen molar-refractivity contribution in [2.24, 2.45) is 0 Å². The van der Waals surface area contributed by atoms with Crippen molar-refractivity contribution in [2.45, 2.75) is 0 Å². The molecule has 5 rings (SSSR count). The molecule has 0 unspecified atom stereocenters. The van der Waals surface area contributed by atoms with Crippen LogP contribution in [0.15, 0.2) is 115 Å². The molecule has 5 heteroatoms. The van der Waals surface area contributed by atoms with Crippen LogP contribution in [0.2, 0.25) is 5.02 Å². The van der Waals surface area contributed by atoms with Gasteiger partial charge in [-0.05, 0) is 48.5 Å². The zero-order chi connectivity index (χ0) is 21.1. The standard InChI is InChI=1S/C26H20ClN3P/c27-21-18-16-20(17-19-21)25-26(29-30-28-25)31(22-10-4-1-5-11-22,23-12-6-2-7-13-23)24-14-8-3-9-15-24/h1-19H,(H,28,29,30)/q+1. The second-order valence-corrected chi connectivity index (χ2v) is 10.9. The fourth-order valence-corrected chi connectivity index (χ4v) is 8.33. The van der Waals surface area contributed by atoms with Crippen LogP contribution in [-0.4, -0.2) is 15.4 Å². The number of nitrogens with zero attached hydrogens (tertiary/aromatic N) is 2. The topological polar surface area (TPSA) is 41.6 Å². The van der Waals surface area contributed by atoms with Gasteiger partial charge in [0, 0.05) is 10.6 Å². The molecule has 0 atom stereocenters. The molecule has 1 N–H and O–H groups in total. The quantitative estimate of drug-likeness (QED) is 0.401. The van der Waals surface area contributed by atoms with Crippen molar-refractivity contribution < 1.29 is 0 Å². The largest absolute Gasteiger partial charge is 0.245 e. The minimum absolute atomic E-state index is 0.698. The van der Waals surface area contributed by atoms with Gasteiger partial charge in [0.15, 0.2) is 13.0 Å². The monoisotopic (exact) mass is 440 g/mol. The van der Waals surface area contributed by atoms with E-state index >= 15 is 0 Å². The summed E-state index contributed by atoms with van der Waals surface area (Å²) in [6, 6.07) is 39.7. The van der Waals surface area contributed by atoms with Crippen molar-refractivity contribution in [3.05, 3.63) is 120 Å². The molecule has 1 heterocycles. The number of rotatable bonds is 5. The lowest BCUT2D eigenvalue weighted by Gasteiger charge is -2.25. The molecule has 150 valence electrons. The van der Waals surface area contributed by atoms with Gasteiger partial charge in [0.1, 0.15) is 15.9 Å². The van der Waals surface area contributed by atoms with E-state index in [1.807, 2.05) is 24.3 Å². The summed E-state index contributed by atoms with van der Waals surface area (Å²) in [6.07, 6.45) is 0. The van der Waals surface area contributed by atoms with Crippen LogP contribution in [0.5, 0.6) is 0 Å². The fraction of sp³-hybridized carbons (Fsp3) is 0. The van der Waals surface area contributed by atoms with E-state index in [9.17, 15) is 0 Å². The number of aromatic nitrogens is 3. The van der Waals surface area contributed by atoms with Gasteiger partial charge in [-0.15, -0.1) is 5.10 Å². The van der Waals surface area contributed by atoms with E-state index in [0.717, 1.165) is 16.7 Å². The highest BCUT2D eigenvalue weighted by molar-refractivity contribution is 8.01. The van der Waals surface area contributed by atoms with Crippen molar-refractivity contribution in [1.29, 1.82) is 0 Å². The Hall–Kier alpha value is -3.26. The maximum atomic E-state index is 6.15. The Kier molecular flexibility index (Phi) is 5.38. The molecule has 0 saturated carbocycles. The summed E-state index contributed by atoms with van der Waals surface area (Å²) in [5, 5.41) is 16.7. The molecule has 0 aliphatic heterocycles. The first-order chi connectivity index (χ1) is 15.3. The first kappa shape index (κ1) is 19.7. The third kappa shape index (κ3) is 3.46. The maximum absolute atomic E-state index is 6.15. The first-order valence-corrected chi connectivity index (χ1v) is 12.2. The third-order valence-corrected chi connectivity index (χ3v) is 9.81. The van der Waals surface area contributed by atoms with Crippen molar-refractivity contribution in [3.63, 3.8) is 0 Å². The third-order valence-electron chi connectivity index (χ3n) is 5.40. The molecular weight excluding hydrogens is 421 g/mol. The summed E-state index contributed by atoms with van der Waals surface area (Å²) in [5.41, 5.74) is 2.79. The molecule has 5 aromatic rings. The molecule has 0 spiro atoms. The van der Waals surface area contributed by atoms with E-state index < -0.39 is 7.26 Å². The fourth-order valence-electron chi connectivity index (χ4n) is 4.03. The zero-order valence-corrected chi connectivity index (χ0v) is 18.3. The van der Waals surface area contributed by atoms with E-state index in [1.165, 1.54) is 15.9 Å². The van der Waals surface area contributed by atoms with Crippen LogP contribution >= 0.6 is 18.9 Å². The molecule has 0 saturated heterocycles. The van der Waals surface area contributed by atoms with Crippen molar-refractivity contribution in [2.75, 3.05) is 0 Å². The van der Waals surface area contributed by atoms with E-state index in [-0.39, 0.29) is 0 Å². The SMILES string of the molecule is Clc1ccc(-c2n[nH]nc2[P+](c2ccccc2)(c2ccccc2)c2ccccc2)cc1.